The molecule has 26 heavy (non-hydrogen) atoms. The Morgan fingerprint density at radius 2 is 2.08 bits per heavy atom. The van der Waals surface area contributed by atoms with Crippen molar-refractivity contribution < 1.29 is 9.90 Å². The van der Waals surface area contributed by atoms with E-state index in [1.54, 1.807) is 0 Å². The van der Waals surface area contributed by atoms with E-state index in [4.69, 9.17) is 0 Å². The molecular weight excluding hydrogens is 396 g/mol. The molecule has 2 aromatic rings. The van der Waals surface area contributed by atoms with Crippen LogP contribution in [-0.4, -0.2) is 33.9 Å². The molecular formula is C19H25BrN4O2. The minimum atomic E-state index is -0.329. The lowest BCUT2D eigenvalue weighted by molar-refractivity contribution is 0.0891. The fourth-order valence-corrected chi connectivity index (χ4v) is 3.02. The number of H-pyrrole nitrogens is 1. The number of amides is 1. The van der Waals surface area contributed by atoms with Crippen molar-refractivity contribution >= 4 is 33.4 Å². The third-order valence-corrected chi connectivity index (χ3v) is 5.02. The Bertz CT molecular complexity index is 786. The highest BCUT2D eigenvalue weighted by molar-refractivity contribution is 9.10. The largest absolute Gasteiger partial charge is 0.394 e. The molecule has 0 saturated heterocycles. The van der Waals surface area contributed by atoms with Crippen molar-refractivity contribution in [2.24, 2.45) is 5.92 Å². The molecule has 1 unspecified atom stereocenters. The number of anilines is 1. The zero-order valence-electron chi connectivity index (χ0n) is 15.3. The van der Waals surface area contributed by atoms with Crippen molar-refractivity contribution in [1.82, 2.24) is 15.5 Å². The maximum absolute atomic E-state index is 12.4. The monoisotopic (exact) mass is 420 g/mol. The average molecular weight is 421 g/mol. The summed E-state index contributed by atoms with van der Waals surface area (Å²) in [5, 5.41) is 22.2. The van der Waals surface area contributed by atoms with Gasteiger partial charge in [0.1, 0.15) is 5.69 Å². The predicted molar refractivity (Wildman–Crippen MR) is 108 cm³/mol. The highest BCUT2D eigenvalue weighted by atomic mass is 79.9. The fraction of sp³-hybridized carbons (Fsp3) is 0.368. The van der Waals surface area contributed by atoms with Crippen molar-refractivity contribution in [3.05, 3.63) is 52.1 Å². The van der Waals surface area contributed by atoms with Crippen molar-refractivity contribution in [1.29, 1.82) is 0 Å². The Morgan fingerprint density at radius 3 is 2.69 bits per heavy atom. The molecule has 7 heteroatoms. The number of aliphatic hydroxyl groups is 1. The minimum Gasteiger partial charge on any atom is -0.394 e. The van der Waals surface area contributed by atoms with Crippen molar-refractivity contribution in [3.8, 4) is 0 Å². The van der Waals surface area contributed by atoms with Gasteiger partial charge in [-0.15, -0.1) is 0 Å². The Balaban J connectivity index is 2.16. The van der Waals surface area contributed by atoms with Crippen LogP contribution >= 0.6 is 15.9 Å². The van der Waals surface area contributed by atoms with Gasteiger partial charge in [0.05, 0.1) is 17.1 Å². The number of hydrogen-bond acceptors (Lipinski definition) is 4. The molecule has 0 aliphatic rings. The third-order valence-electron chi connectivity index (χ3n) is 4.24. The van der Waals surface area contributed by atoms with Crippen molar-refractivity contribution in [3.63, 3.8) is 0 Å². The van der Waals surface area contributed by atoms with Gasteiger partial charge >= 0.3 is 0 Å². The number of hydrogen-bond donors (Lipinski definition) is 4. The average Bonchev–Trinajstić information content (AvgIpc) is 2.99. The van der Waals surface area contributed by atoms with Crippen LogP contribution in [0.1, 0.15) is 42.4 Å². The molecule has 4 N–H and O–H groups in total. The molecule has 0 aliphatic heterocycles. The van der Waals surface area contributed by atoms with E-state index in [0.29, 0.717) is 21.7 Å². The summed E-state index contributed by atoms with van der Waals surface area (Å²) in [5.74, 6) is 0.273. The standard InChI is InChI=1S/C19H25BrN4O2/c1-5-13-8-6-7-9-14(13)12(4)21-18-16(20)17(23-24-18)19(26)22-15(10-25)11(2)3/h6-9,11,15,25H,4-5,10H2,1-3H3,(H,22,26)(H2,21,23,24). The molecule has 1 amide bonds. The molecule has 140 valence electrons. The van der Waals surface area contributed by atoms with E-state index in [0.717, 1.165) is 12.0 Å². The zero-order valence-corrected chi connectivity index (χ0v) is 16.9. The quantitative estimate of drug-likeness (QED) is 0.525. The Kier molecular flexibility index (Phi) is 6.99. The highest BCUT2D eigenvalue weighted by Gasteiger charge is 2.22. The molecule has 1 aromatic carbocycles. The number of aromatic nitrogens is 2. The summed E-state index contributed by atoms with van der Waals surface area (Å²) in [5.41, 5.74) is 3.19. The first kappa shape index (κ1) is 20.2. The number of aliphatic hydroxyl groups excluding tert-OH is 1. The Morgan fingerprint density at radius 1 is 1.38 bits per heavy atom. The normalized spacial score (nSPS) is 12.1. The third kappa shape index (κ3) is 4.53. The molecule has 1 heterocycles. The molecule has 0 saturated carbocycles. The van der Waals surface area contributed by atoms with Gasteiger partial charge in [0.15, 0.2) is 5.82 Å². The highest BCUT2D eigenvalue weighted by Crippen LogP contribution is 2.28. The number of benzene rings is 1. The van der Waals surface area contributed by atoms with Gasteiger partial charge in [0.2, 0.25) is 0 Å². The number of rotatable bonds is 8. The fourth-order valence-electron chi connectivity index (χ4n) is 2.56. The summed E-state index contributed by atoms with van der Waals surface area (Å²) >= 11 is 3.42. The Labute approximate surface area is 162 Å². The lowest BCUT2D eigenvalue weighted by Gasteiger charge is -2.19. The second-order valence-electron chi connectivity index (χ2n) is 6.38. The van der Waals surface area contributed by atoms with Crippen LogP contribution in [0.2, 0.25) is 0 Å². The van der Waals surface area contributed by atoms with Crippen LogP contribution in [0.4, 0.5) is 5.82 Å². The van der Waals surface area contributed by atoms with E-state index in [-0.39, 0.29) is 24.5 Å². The van der Waals surface area contributed by atoms with E-state index in [1.165, 1.54) is 5.56 Å². The molecule has 0 spiro atoms. The molecule has 0 fully saturated rings. The number of nitrogens with one attached hydrogen (secondary N) is 3. The van der Waals surface area contributed by atoms with Gasteiger partial charge in [-0.05, 0) is 33.8 Å². The summed E-state index contributed by atoms with van der Waals surface area (Å²) in [6, 6.07) is 7.69. The summed E-state index contributed by atoms with van der Waals surface area (Å²) in [6.45, 7) is 9.93. The SMILES string of the molecule is C=C(Nc1n[nH]c(C(=O)NC(CO)C(C)C)c1Br)c1ccccc1CC. The topological polar surface area (TPSA) is 90.0 Å². The van der Waals surface area contributed by atoms with E-state index in [2.05, 4.69) is 56.3 Å². The van der Waals surface area contributed by atoms with Gasteiger partial charge in [-0.3, -0.25) is 9.89 Å². The number of aromatic amines is 1. The maximum Gasteiger partial charge on any atom is 0.270 e. The van der Waals surface area contributed by atoms with Gasteiger partial charge in [0.25, 0.3) is 5.91 Å². The number of carbonyl (C=O) groups is 1. The molecule has 0 aliphatic carbocycles. The second-order valence-corrected chi connectivity index (χ2v) is 7.17. The van der Waals surface area contributed by atoms with Crippen molar-refractivity contribution in [2.45, 2.75) is 33.2 Å². The first-order valence-electron chi connectivity index (χ1n) is 8.58. The van der Waals surface area contributed by atoms with Gasteiger partial charge in [-0.25, -0.2) is 0 Å². The summed E-state index contributed by atoms with van der Waals surface area (Å²) < 4.78 is 0.519. The number of aryl methyl sites for hydroxylation is 1. The summed E-state index contributed by atoms with van der Waals surface area (Å²) in [4.78, 5) is 12.4. The van der Waals surface area contributed by atoms with Crippen LogP contribution in [0, 0.1) is 5.92 Å². The van der Waals surface area contributed by atoms with Crippen molar-refractivity contribution in [2.75, 3.05) is 11.9 Å². The van der Waals surface area contributed by atoms with Crippen LogP contribution < -0.4 is 10.6 Å². The smallest absolute Gasteiger partial charge is 0.270 e. The van der Waals surface area contributed by atoms with Gasteiger partial charge in [-0.2, -0.15) is 5.10 Å². The molecule has 0 radical (unpaired) electrons. The van der Waals surface area contributed by atoms with E-state index < -0.39 is 0 Å². The molecule has 1 aromatic heterocycles. The zero-order chi connectivity index (χ0) is 19.3. The van der Waals surface area contributed by atoms with Crippen LogP contribution in [0.15, 0.2) is 35.3 Å². The molecule has 1 atom stereocenters. The lowest BCUT2D eigenvalue weighted by atomic mass is 10.0. The first-order chi connectivity index (χ1) is 12.4. The predicted octanol–water partition coefficient (Wildman–Crippen LogP) is 3.56. The van der Waals surface area contributed by atoms with Crippen LogP contribution in [0.25, 0.3) is 5.70 Å². The maximum atomic E-state index is 12.4. The van der Waals surface area contributed by atoms with E-state index in [1.807, 2.05) is 32.0 Å². The second kappa shape index (κ2) is 9.00. The van der Waals surface area contributed by atoms with Crippen LogP contribution in [0.5, 0.6) is 0 Å². The number of halogens is 1. The first-order valence-corrected chi connectivity index (χ1v) is 9.38. The van der Waals surface area contributed by atoms with E-state index >= 15 is 0 Å². The minimum absolute atomic E-state index is 0.119. The van der Waals surface area contributed by atoms with E-state index in [9.17, 15) is 9.90 Å². The van der Waals surface area contributed by atoms with Gasteiger partial charge in [0, 0.05) is 11.3 Å². The molecule has 0 bridgehead atoms. The number of nitrogens with zero attached hydrogens (tertiary/aromatic N) is 1. The lowest BCUT2D eigenvalue weighted by Crippen LogP contribution is -2.41. The van der Waals surface area contributed by atoms with Crippen LogP contribution in [0.3, 0.4) is 0 Å². The Hall–Kier alpha value is -2.12. The van der Waals surface area contributed by atoms with Crippen LogP contribution in [-0.2, 0) is 6.42 Å². The van der Waals surface area contributed by atoms with Gasteiger partial charge < -0.3 is 15.7 Å². The van der Waals surface area contributed by atoms with Gasteiger partial charge in [-0.1, -0.05) is 51.6 Å². The molecule has 2 rings (SSSR count). The summed E-state index contributed by atoms with van der Waals surface area (Å²) in [6.07, 6.45) is 0.893. The molecule has 6 nitrogen and oxygen atoms in total. The number of carbonyl (C=O) groups excluding carboxylic acids is 1. The summed E-state index contributed by atoms with van der Waals surface area (Å²) in [7, 11) is 0.